The maximum Gasteiger partial charge on any atom is 0.0836 e. The second kappa shape index (κ2) is 4.84. The second-order valence-electron chi connectivity index (χ2n) is 6.15. The molecule has 0 aliphatic carbocycles. The molecule has 0 aromatic heterocycles. The van der Waals surface area contributed by atoms with Gasteiger partial charge in [0, 0.05) is 19.1 Å². The molecule has 0 radical (unpaired) electrons. The Hall–Kier alpha value is -0.0800. The quantitative estimate of drug-likeness (QED) is 0.696. The molecule has 2 nitrogen and oxygen atoms in total. The summed E-state index contributed by atoms with van der Waals surface area (Å²) in [5, 5.41) is 0. The lowest BCUT2D eigenvalue weighted by Crippen LogP contribution is -2.57. The van der Waals surface area contributed by atoms with Gasteiger partial charge in [0.2, 0.25) is 0 Å². The fourth-order valence-corrected chi connectivity index (χ4v) is 2.45. The average Bonchev–Trinajstić information content (AvgIpc) is 1.92. The van der Waals surface area contributed by atoms with Crippen LogP contribution in [0.3, 0.4) is 0 Å². The molecule has 1 aliphatic heterocycles. The summed E-state index contributed by atoms with van der Waals surface area (Å²) >= 11 is 0. The first-order valence-corrected chi connectivity index (χ1v) is 6.22. The van der Waals surface area contributed by atoms with E-state index >= 15 is 0 Å². The van der Waals surface area contributed by atoms with E-state index in [0.717, 1.165) is 19.5 Å². The maximum atomic E-state index is 6.12. The van der Waals surface area contributed by atoms with Gasteiger partial charge in [-0.1, -0.05) is 13.8 Å². The summed E-state index contributed by atoms with van der Waals surface area (Å²) in [7, 11) is 0. The van der Waals surface area contributed by atoms with Crippen LogP contribution in [0.15, 0.2) is 0 Å². The highest BCUT2D eigenvalue weighted by molar-refractivity contribution is 4.85. The minimum atomic E-state index is 0.0436. The largest absolute Gasteiger partial charge is 0.370 e. The third-order valence-corrected chi connectivity index (χ3v) is 2.99. The van der Waals surface area contributed by atoms with Crippen molar-refractivity contribution in [3.05, 3.63) is 0 Å². The molecule has 0 amide bonds. The monoisotopic (exact) mass is 213 g/mol. The summed E-state index contributed by atoms with van der Waals surface area (Å²) in [6.45, 7) is 15.7. The van der Waals surface area contributed by atoms with Crippen molar-refractivity contribution in [1.82, 2.24) is 4.90 Å². The van der Waals surface area contributed by atoms with Gasteiger partial charge in [-0.3, -0.25) is 4.90 Å². The van der Waals surface area contributed by atoms with Crippen molar-refractivity contribution >= 4 is 0 Å². The predicted molar refractivity (Wildman–Crippen MR) is 65.1 cm³/mol. The Morgan fingerprint density at radius 3 is 2.13 bits per heavy atom. The van der Waals surface area contributed by atoms with E-state index in [1.165, 1.54) is 0 Å². The molecule has 1 heterocycles. The first-order valence-electron chi connectivity index (χ1n) is 6.22. The molecule has 0 N–H and O–H groups in total. The van der Waals surface area contributed by atoms with Crippen molar-refractivity contribution in [2.24, 2.45) is 5.92 Å². The molecule has 2 heteroatoms. The molecule has 0 aromatic carbocycles. The van der Waals surface area contributed by atoms with Crippen LogP contribution in [0.4, 0.5) is 0 Å². The first-order chi connectivity index (χ1) is 6.80. The molecule has 0 spiro atoms. The third kappa shape index (κ3) is 4.12. The van der Waals surface area contributed by atoms with Crippen LogP contribution in [0.5, 0.6) is 0 Å². The minimum Gasteiger partial charge on any atom is -0.370 e. The highest BCUT2D eigenvalue weighted by Crippen LogP contribution is 2.26. The number of hydrogen-bond donors (Lipinski definition) is 0. The van der Waals surface area contributed by atoms with Gasteiger partial charge in [-0.2, -0.15) is 0 Å². The highest BCUT2D eigenvalue weighted by atomic mass is 16.5. The molecule has 0 bridgehead atoms. The smallest absolute Gasteiger partial charge is 0.0836 e. The fourth-order valence-electron chi connectivity index (χ4n) is 2.45. The number of rotatable bonds is 5. The van der Waals surface area contributed by atoms with Gasteiger partial charge in [0.1, 0.15) is 0 Å². The van der Waals surface area contributed by atoms with Crippen molar-refractivity contribution in [2.75, 3.05) is 13.1 Å². The van der Waals surface area contributed by atoms with Crippen LogP contribution in [0.1, 0.15) is 48.0 Å². The Morgan fingerprint density at radius 1 is 1.20 bits per heavy atom. The van der Waals surface area contributed by atoms with E-state index in [9.17, 15) is 0 Å². The van der Waals surface area contributed by atoms with E-state index in [1.54, 1.807) is 0 Å². The van der Waals surface area contributed by atoms with E-state index in [-0.39, 0.29) is 5.60 Å². The Bertz CT molecular complexity index is 193. The van der Waals surface area contributed by atoms with E-state index < -0.39 is 0 Å². The Kier molecular flexibility index (Phi) is 4.19. The molecule has 0 atom stereocenters. The lowest BCUT2D eigenvalue weighted by atomic mass is 9.95. The van der Waals surface area contributed by atoms with Crippen LogP contribution in [0.2, 0.25) is 0 Å². The maximum absolute atomic E-state index is 6.12. The SMILES string of the molecule is CC(C)CC(C)(C)OC1CN(C(C)C)C1. The van der Waals surface area contributed by atoms with Gasteiger partial charge in [-0.25, -0.2) is 0 Å². The number of ether oxygens (including phenoxy) is 1. The molecule has 1 rings (SSSR count). The number of hydrogen-bond acceptors (Lipinski definition) is 2. The molecule has 1 aliphatic rings. The van der Waals surface area contributed by atoms with Gasteiger partial charge in [0.15, 0.2) is 0 Å². The summed E-state index contributed by atoms with van der Waals surface area (Å²) in [6.07, 6.45) is 1.60. The summed E-state index contributed by atoms with van der Waals surface area (Å²) in [4.78, 5) is 2.45. The van der Waals surface area contributed by atoms with Crippen molar-refractivity contribution < 1.29 is 4.74 Å². The van der Waals surface area contributed by atoms with Gasteiger partial charge < -0.3 is 4.74 Å². The zero-order valence-electron chi connectivity index (χ0n) is 11.2. The van der Waals surface area contributed by atoms with Crippen molar-refractivity contribution in [3.63, 3.8) is 0 Å². The Morgan fingerprint density at radius 2 is 1.73 bits per heavy atom. The Labute approximate surface area is 95.0 Å². The summed E-state index contributed by atoms with van der Waals surface area (Å²) in [6, 6.07) is 0.665. The summed E-state index contributed by atoms with van der Waals surface area (Å²) in [5.74, 6) is 0.710. The highest BCUT2D eigenvalue weighted by Gasteiger charge is 2.33. The van der Waals surface area contributed by atoms with Gasteiger partial charge in [-0.15, -0.1) is 0 Å². The lowest BCUT2D eigenvalue weighted by molar-refractivity contribution is -0.144. The standard InChI is InChI=1S/C13H27NO/c1-10(2)7-13(5,6)15-12-8-14(9-12)11(3)4/h10-12H,7-9H2,1-6H3. The van der Waals surface area contributed by atoms with Crippen LogP contribution in [0, 0.1) is 5.92 Å². The van der Waals surface area contributed by atoms with E-state index in [0.29, 0.717) is 18.1 Å². The van der Waals surface area contributed by atoms with Crippen molar-refractivity contribution in [1.29, 1.82) is 0 Å². The summed E-state index contributed by atoms with van der Waals surface area (Å²) < 4.78 is 6.12. The molecular formula is C13H27NO. The lowest BCUT2D eigenvalue weighted by Gasteiger charge is -2.45. The van der Waals surface area contributed by atoms with Crippen LogP contribution in [-0.4, -0.2) is 35.7 Å². The van der Waals surface area contributed by atoms with Gasteiger partial charge in [0.05, 0.1) is 11.7 Å². The van der Waals surface area contributed by atoms with Crippen LogP contribution in [0.25, 0.3) is 0 Å². The van der Waals surface area contributed by atoms with E-state index in [2.05, 4.69) is 46.4 Å². The van der Waals surface area contributed by atoms with E-state index in [1.807, 2.05) is 0 Å². The van der Waals surface area contributed by atoms with Gasteiger partial charge in [0.25, 0.3) is 0 Å². The minimum absolute atomic E-state index is 0.0436. The van der Waals surface area contributed by atoms with Gasteiger partial charge >= 0.3 is 0 Å². The molecule has 1 saturated heterocycles. The Balaban J connectivity index is 2.26. The molecule has 0 unspecified atom stereocenters. The van der Waals surface area contributed by atoms with Crippen molar-refractivity contribution in [3.8, 4) is 0 Å². The van der Waals surface area contributed by atoms with Crippen LogP contribution >= 0.6 is 0 Å². The van der Waals surface area contributed by atoms with E-state index in [4.69, 9.17) is 4.74 Å². The second-order valence-corrected chi connectivity index (χ2v) is 6.15. The van der Waals surface area contributed by atoms with Crippen LogP contribution < -0.4 is 0 Å². The predicted octanol–water partition coefficient (Wildman–Crippen LogP) is 2.92. The zero-order chi connectivity index (χ0) is 11.6. The summed E-state index contributed by atoms with van der Waals surface area (Å²) in [5.41, 5.74) is 0.0436. The number of nitrogens with zero attached hydrogens (tertiary/aromatic N) is 1. The van der Waals surface area contributed by atoms with Gasteiger partial charge in [-0.05, 0) is 40.0 Å². The normalized spacial score (nSPS) is 20.0. The molecule has 0 aromatic rings. The molecular weight excluding hydrogens is 186 g/mol. The molecule has 90 valence electrons. The zero-order valence-corrected chi connectivity index (χ0v) is 11.2. The average molecular weight is 213 g/mol. The first kappa shape index (κ1) is 13.0. The molecule has 15 heavy (non-hydrogen) atoms. The van der Waals surface area contributed by atoms with Crippen molar-refractivity contribution in [2.45, 2.75) is 65.7 Å². The number of likely N-dealkylation sites (tertiary alicyclic amines) is 1. The third-order valence-electron chi connectivity index (χ3n) is 2.99. The topological polar surface area (TPSA) is 12.5 Å². The molecule has 0 saturated carbocycles. The fraction of sp³-hybridized carbons (Fsp3) is 1.00. The van der Waals surface area contributed by atoms with Crippen LogP contribution in [-0.2, 0) is 4.74 Å². The molecule has 1 fully saturated rings.